The van der Waals surface area contributed by atoms with Crippen molar-refractivity contribution in [3.05, 3.63) is 65.0 Å². The normalized spacial score (nSPS) is 18.5. The maximum Gasteiger partial charge on any atom is 0.390 e. The van der Waals surface area contributed by atoms with Crippen molar-refractivity contribution in [1.29, 1.82) is 0 Å². The van der Waals surface area contributed by atoms with Gasteiger partial charge >= 0.3 is 6.18 Å². The first kappa shape index (κ1) is 31.5. The van der Waals surface area contributed by atoms with Gasteiger partial charge in [0.2, 0.25) is 0 Å². The van der Waals surface area contributed by atoms with Crippen molar-refractivity contribution < 1.29 is 31.1 Å². The SMILES string of the molecule is O=S(=O)(CC[C@H]1CCCN1CCCCCCC1=C(c2ccc(F)cc2)CCCc2cc(O)ccc21)CCC(F)(F)F. The van der Waals surface area contributed by atoms with Crippen molar-refractivity contribution in [3.8, 4) is 5.75 Å². The standard InChI is InChI=1S/C32H41F4NO3S/c33-26-13-11-24(12-14-26)29-10-5-7-25-23-28(38)15-16-30(25)31(29)9-3-1-2-4-19-37-20-6-8-27(37)17-21-41(39,40)22-18-32(34,35)36/h11-16,23,27,38H,1-10,17-22H2/t27-/m1/s1. The summed E-state index contributed by atoms with van der Waals surface area (Å²) in [6, 6.07) is 12.4. The molecule has 0 amide bonds. The van der Waals surface area contributed by atoms with Gasteiger partial charge in [0.15, 0.2) is 9.84 Å². The predicted molar refractivity (Wildman–Crippen MR) is 156 cm³/mol. The Bertz CT molecular complexity index is 1290. The van der Waals surface area contributed by atoms with Gasteiger partial charge in [0.1, 0.15) is 11.6 Å². The molecule has 0 spiro atoms. The van der Waals surface area contributed by atoms with E-state index in [0.717, 1.165) is 88.4 Å². The maximum atomic E-state index is 13.6. The molecule has 0 saturated carbocycles. The zero-order chi connectivity index (χ0) is 29.5. The summed E-state index contributed by atoms with van der Waals surface area (Å²) in [6.07, 6.45) is 4.27. The summed E-state index contributed by atoms with van der Waals surface area (Å²) in [4.78, 5) is 2.31. The third-order valence-corrected chi connectivity index (χ3v) is 10.1. The number of aromatic hydroxyl groups is 1. The van der Waals surface area contributed by atoms with Crippen LogP contribution >= 0.6 is 0 Å². The van der Waals surface area contributed by atoms with E-state index in [9.17, 15) is 31.1 Å². The van der Waals surface area contributed by atoms with Crippen LogP contribution in [0.1, 0.15) is 87.3 Å². The minimum absolute atomic E-state index is 0.123. The molecule has 1 aliphatic heterocycles. The van der Waals surface area contributed by atoms with Gasteiger partial charge in [0.05, 0.1) is 17.9 Å². The lowest BCUT2D eigenvalue weighted by molar-refractivity contribution is -0.129. The molecule has 1 aliphatic carbocycles. The van der Waals surface area contributed by atoms with Crippen LogP contribution in [0.25, 0.3) is 11.1 Å². The Morgan fingerprint density at radius 1 is 0.927 bits per heavy atom. The van der Waals surface area contributed by atoms with Crippen molar-refractivity contribution in [2.75, 3.05) is 24.6 Å². The lowest BCUT2D eigenvalue weighted by Gasteiger charge is -2.24. The fraction of sp³-hybridized carbons (Fsp3) is 0.562. The highest BCUT2D eigenvalue weighted by atomic mass is 32.2. The average molecular weight is 596 g/mol. The molecular weight excluding hydrogens is 554 g/mol. The number of unbranched alkanes of at least 4 members (excludes halogenated alkanes) is 3. The summed E-state index contributed by atoms with van der Waals surface area (Å²) < 4.78 is 75.1. The molecule has 1 saturated heterocycles. The third-order valence-electron chi connectivity index (χ3n) is 8.42. The van der Waals surface area contributed by atoms with Crippen LogP contribution in [0, 0.1) is 5.82 Å². The number of likely N-dealkylation sites (tertiary alicyclic amines) is 1. The molecule has 2 aromatic rings. The molecule has 226 valence electrons. The van der Waals surface area contributed by atoms with Crippen molar-refractivity contribution >= 4 is 21.0 Å². The molecule has 1 atom stereocenters. The fourth-order valence-corrected chi connectivity index (χ4v) is 7.66. The summed E-state index contributed by atoms with van der Waals surface area (Å²) in [6.45, 7) is 1.78. The smallest absolute Gasteiger partial charge is 0.390 e. The van der Waals surface area contributed by atoms with E-state index in [0.29, 0.717) is 6.42 Å². The Morgan fingerprint density at radius 2 is 1.68 bits per heavy atom. The van der Waals surface area contributed by atoms with Gasteiger partial charge in [-0.15, -0.1) is 0 Å². The van der Waals surface area contributed by atoms with Gasteiger partial charge < -0.3 is 10.0 Å². The Balaban J connectivity index is 1.29. The van der Waals surface area contributed by atoms with E-state index in [-0.39, 0.29) is 23.4 Å². The molecule has 4 rings (SSSR count). The van der Waals surface area contributed by atoms with E-state index in [1.165, 1.54) is 28.8 Å². The van der Waals surface area contributed by atoms with E-state index >= 15 is 0 Å². The Labute approximate surface area is 241 Å². The molecule has 9 heteroatoms. The van der Waals surface area contributed by atoms with Crippen LogP contribution in [0.4, 0.5) is 17.6 Å². The Hall–Kier alpha value is -2.39. The summed E-state index contributed by atoms with van der Waals surface area (Å²) in [5.74, 6) is -0.992. The zero-order valence-electron chi connectivity index (χ0n) is 23.6. The van der Waals surface area contributed by atoms with Crippen molar-refractivity contribution in [2.45, 2.75) is 89.3 Å². The van der Waals surface area contributed by atoms with Crippen LogP contribution < -0.4 is 0 Å². The molecular formula is C32H41F4NO3S. The maximum absolute atomic E-state index is 13.6. The van der Waals surface area contributed by atoms with Gasteiger partial charge in [0.25, 0.3) is 0 Å². The van der Waals surface area contributed by atoms with Crippen molar-refractivity contribution in [2.24, 2.45) is 0 Å². The molecule has 2 aliphatic rings. The lowest BCUT2D eigenvalue weighted by atomic mass is 9.89. The molecule has 1 N–H and O–H groups in total. The van der Waals surface area contributed by atoms with Crippen molar-refractivity contribution in [3.63, 3.8) is 0 Å². The third kappa shape index (κ3) is 9.57. The molecule has 4 nitrogen and oxygen atoms in total. The van der Waals surface area contributed by atoms with Gasteiger partial charge in [-0.25, -0.2) is 12.8 Å². The summed E-state index contributed by atoms with van der Waals surface area (Å²) in [5, 5.41) is 10.1. The minimum Gasteiger partial charge on any atom is -0.508 e. The van der Waals surface area contributed by atoms with Gasteiger partial charge in [-0.05, 0) is 123 Å². The number of halogens is 4. The number of nitrogens with zero attached hydrogens (tertiary/aromatic N) is 1. The van der Waals surface area contributed by atoms with Gasteiger partial charge in [-0.3, -0.25) is 0 Å². The van der Waals surface area contributed by atoms with Crippen LogP contribution in [0.5, 0.6) is 5.75 Å². The van der Waals surface area contributed by atoms with E-state index < -0.39 is 28.2 Å². The molecule has 1 heterocycles. The van der Waals surface area contributed by atoms with E-state index in [1.54, 1.807) is 6.07 Å². The van der Waals surface area contributed by atoms with Gasteiger partial charge in [0, 0.05) is 6.04 Å². The number of rotatable bonds is 13. The second-order valence-electron chi connectivity index (χ2n) is 11.5. The highest BCUT2D eigenvalue weighted by Crippen LogP contribution is 2.39. The molecule has 0 radical (unpaired) electrons. The number of allylic oxidation sites excluding steroid dienone is 2. The highest BCUT2D eigenvalue weighted by Gasteiger charge is 2.31. The Morgan fingerprint density at radius 3 is 2.44 bits per heavy atom. The number of phenols is 1. The quantitative estimate of drug-likeness (QED) is 0.189. The predicted octanol–water partition coefficient (Wildman–Crippen LogP) is 7.95. The molecule has 2 aromatic carbocycles. The number of aryl methyl sites for hydroxylation is 1. The van der Waals surface area contributed by atoms with Gasteiger partial charge in [-0.1, -0.05) is 31.0 Å². The van der Waals surface area contributed by atoms with Crippen LogP contribution in [0.2, 0.25) is 0 Å². The summed E-state index contributed by atoms with van der Waals surface area (Å²) >= 11 is 0. The first-order valence-electron chi connectivity index (χ1n) is 14.8. The van der Waals surface area contributed by atoms with E-state index in [4.69, 9.17) is 0 Å². The number of sulfone groups is 1. The van der Waals surface area contributed by atoms with Gasteiger partial charge in [-0.2, -0.15) is 13.2 Å². The number of benzene rings is 2. The van der Waals surface area contributed by atoms with Crippen LogP contribution in [0.3, 0.4) is 0 Å². The molecule has 41 heavy (non-hydrogen) atoms. The van der Waals surface area contributed by atoms with E-state index in [2.05, 4.69) is 4.90 Å². The first-order chi connectivity index (χ1) is 19.5. The topological polar surface area (TPSA) is 57.6 Å². The molecule has 1 fully saturated rings. The number of phenolic OH excluding ortho intramolecular Hbond substituents is 1. The summed E-state index contributed by atoms with van der Waals surface area (Å²) in [7, 11) is -3.71. The molecule has 0 bridgehead atoms. The number of hydrogen-bond donors (Lipinski definition) is 1. The Kier molecular flexibility index (Phi) is 10.9. The zero-order valence-corrected chi connectivity index (χ0v) is 24.4. The number of hydrogen-bond acceptors (Lipinski definition) is 4. The monoisotopic (exact) mass is 595 g/mol. The number of alkyl halides is 3. The number of fused-ring (bicyclic) bond motifs is 1. The minimum atomic E-state index is -4.45. The van der Waals surface area contributed by atoms with Crippen LogP contribution in [-0.2, 0) is 16.3 Å². The summed E-state index contributed by atoms with van der Waals surface area (Å²) in [5.41, 5.74) is 5.89. The second-order valence-corrected chi connectivity index (χ2v) is 13.8. The molecule has 0 unspecified atom stereocenters. The average Bonchev–Trinajstić information content (AvgIpc) is 3.29. The second kappa shape index (κ2) is 14.2. The van der Waals surface area contributed by atoms with Crippen molar-refractivity contribution in [1.82, 2.24) is 4.90 Å². The highest BCUT2D eigenvalue weighted by molar-refractivity contribution is 7.91. The fourth-order valence-electron chi connectivity index (χ4n) is 6.28. The molecule has 0 aromatic heterocycles. The van der Waals surface area contributed by atoms with Crippen LogP contribution in [0.15, 0.2) is 42.5 Å². The van der Waals surface area contributed by atoms with E-state index in [1.807, 2.05) is 24.3 Å². The lowest BCUT2D eigenvalue weighted by Crippen LogP contribution is -2.32. The largest absolute Gasteiger partial charge is 0.508 e. The first-order valence-corrected chi connectivity index (χ1v) is 16.6. The van der Waals surface area contributed by atoms with Crippen LogP contribution in [-0.4, -0.2) is 55.2 Å².